The zero-order chi connectivity index (χ0) is 44.0. The third-order valence-electron chi connectivity index (χ3n) is 14.0. The van der Waals surface area contributed by atoms with Gasteiger partial charge in [0.15, 0.2) is 0 Å². The van der Waals surface area contributed by atoms with Gasteiger partial charge in [0.2, 0.25) is 0 Å². The molecule has 0 aliphatic heterocycles. The van der Waals surface area contributed by atoms with Gasteiger partial charge in [-0.15, -0.1) is 0 Å². The molecule has 0 radical (unpaired) electrons. The highest BCUT2D eigenvalue weighted by atomic mass is 15.0. The van der Waals surface area contributed by atoms with Crippen LogP contribution >= 0.6 is 0 Å². The van der Waals surface area contributed by atoms with Crippen molar-refractivity contribution in [1.29, 1.82) is 0 Å². The Balaban J connectivity index is 0.838. The molecule has 14 aromatic rings. The largest absolute Gasteiger partial charge is 0.309 e. The molecule has 14 rings (SSSR count). The lowest BCUT2D eigenvalue weighted by Crippen LogP contribution is -1.93. The van der Waals surface area contributed by atoms with Crippen LogP contribution in [0.3, 0.4) is 0 Å². The first-order chi connectivity index (χ1) is 33.2. The third kappa shape index (κ3) is 5.92. The summed E-state index contributed by atoms with van der Waals surface area (Å²) >= 11 is 0. The number of aromatic nitrogens is 3. The molecule has 0 saturated heterocycles. The summed E-state index contributed by atoms with van der Waals surface area (Å²) in [4.78, 5) is 10.6. The van der Waals surface area contributed by atoms with E-state index in [1.54, 1.807) is 0 Å². The molecule has 0 amide bonds. The molecule has 0 aliphatic carbocycles. The molecule has 67 heavy (non-hydrogen) atoms. The molecule has 3 nitrogen and oxygen atoms in total. The Hall–Kier alpha value is -8.92. The number of rotatable bonds is 5. The predicted octanol–water partition coefficient (Wildman–Crippen LogP) is 17.2. The van der Waals surface area contributed by atoms with Gasteiger partial charge >= 0.3 is 0 Å². The second kappa shape index (κ2) is 14.8. The van der Waals surface area contributed by atoms with Crippen molar-refractivity contribution in [1.82, 2.24) is 14.5 Å². The second-order valence-corrected chi connectivity index (χ2v) is 17.7. The SMILES string of the molecule is c1ccc(-n2c3ccc(-c4ccc(-c5ccc6c7ccccc7c7ccccc7c6n5)cc4)cc3c3cc(-c4ccc(-c5ccc6c7ccccc7c7ccccc7c6n5)cc4)ccc32)cc1. The summed E-state index contributed by atoms with van der Waals surface area (Å²) < 4.78 is 2.39. The molecule has 0 bridgehead atoms. The zero-order valence-electron chi connectivity index (χ0n) is 36.4. The molecule has 0 atom stereocenters. The molecular weight excluding hydrogens is 811 g/mol. The van der Waals surface area contributed by atoms with Gasteiger partial charge in [-0.25, -0.2) is 9.97 Å². The number of nitrogens with zero attached hydrogens (tertiary/aromatic N) is 3. The van der Waals surface area contributed by atoms with Crippen LogP contribution in [0.4, 0.5) is 0 Å². The van der Waals surface area contributed by atoms with E-state index >= 15 is 0 Å². The van der Waals surface area contributed by atoms with Crippen LogP contribution < -0.4 is 0 Å². The monoisotopic (exact) mass is 849 g/mol. The summed E-state index contributed by atoms with van der Waals surface area (Å²) in [5.74, 6) is 0. The van der Waals surface area contributed by atoms with Crippen molar-refractivity contribution >= 4 is 86.7 Å². The van der Waals surface area contributed by atoms with Gasteiger partial charge < -0.3 is 4.57 Å². The Bertz CT molecular complexity index is 3970. The Morgan fingerprint density at radius 2 is 0.537 bits per heavy atom. The average Bonchev–Trinajstić information content (AvgIpc) is 3.74. The van der Waals surface area contributed by atoms with Crippen molar-refractivity contribution in [2.24, 2.45) is 0 Å². The lowest BCUT2D eigenvalue weighted by molar-refractivity contribution is 1.18. The van der Waals surface area contributed by atoms with Gasteiger partial charge in [-0.2, -0.15) is 0 Å². The molecule has 0 saturated carbocycles. The van der Waals surface area contributed by atoms with E-state index in [9.17, 15) is 0 Å². The maximum Gasteiger partial charge on any atom is 0.0794 e. The van der Waals surface area contributed by atoms with Crippen LogP contribution in [0.25, 0.3) is 137 Å². The minimum atomic E-state index is 0.970. The summed E-state index contributed by atoms with van der Waals surface area (Å²) in [6.45, 7) is 0. The first-order valence-corrected chi connectivity index (χ1v) is 23.0. The highest BCUT2D eigenvalue weighted by Crippen LogP contribution is 2.40. The summed E-state index contributed by atoms with van der Waals surface area (Å²) in [5, 5.41) is 14.6. The fourth-order valence-electron chi connectivity index (χ4n) is 10.7. The van der Waals surface area contributed by atoms with Gasteiger partial charge in [0.1, 0.15) is 0 Å². The van der Waals surface area contributed by atoms with E-state index in [0.717, 1.165) is 39.2 Å². The molecule has 3 heteroatoms. The van der Waals surface area contributed by atoms with Crippen LogP contribution in [0.5, 0.6) is 0 Å². The molecule has 0 fully saturated rings. The zero-order valence-corrected chi connectivity index (χ0v) is 36.4. The first-order valence-electron chi connectivity index (χ1n) is 23.0. The maximum atomic E-state index is 5.31. The predicted molar refractivity (Wildman–Crippen MR) is 283 cm³/mol. The van der Waals surface area contributed by atoms with Crippen LogP contribution in [-0.4, -0.2) is 14.5 Å². The maximum absolute atomic E-state index is 5.31. The summed E-state index contributed by atoms with van der Waals surface area (Å²) in [6, 6.07) is 85.7. The van der Waals surface area contributed by atoms with Crippen molar-refractivity contribution in [3.05, 3.63) is 237 Å². The smallest absolute Gasteiger partial charge is 0.0794 e. The minimum absolute atomic E-state index is 0.970. The van der Waals surface area contributed by atoms with Gasteiger partial charge in [0.25, 0.3) is 0 Å². The van der Waals surface area contributed by atoms with Crippen LogP contribution in [0, 0.1) is 0 Å². The van der Waals surface area contributed by atoms with Crippen molar-refractivity contribution in [3.8, 4) is 50.5 Å². The molecule has 3 aromatic heterocycles. The van der Waals surface area contributed by atoms with Gasteiger partial charge in [-0.3, -0.25) is 0 Å². The van der Waals surface area contributed by atoms with Crippen molar-refractivity contribution < 1.29 is 0 Å². The standard InChI is InChI=1S/C64H39N3/c1-2-12-46(13-3-1)67-61-36-30-44(40-22-26-42(27-23-40)59-34-32-55-51-18-6-4-14-47(51)49-16-8-10-20-53(49)63(55)65-59)38-57(61)58-39-45(31-37-62(58)67)41-24-28-43(29-25-41)60-35-33-56-52-19-7-5-15-48(52)50-17-9-11-21-54(50)64(56)66-60/h1-39H. The number of hydrogen-bond donors (Lipinski definition) is 0. The Morgan fingerprint density at radius 3 is 0.940 bits per heavy atom. The molecule has 0 unspecified atom stereocenters. The van der Waals surface area contributed by atoms with Crippen LogP contribution in [0.1, 0.15) is 0 Å². The molecule has 310 valence electrons. The second-order valence-electron chi connectivity index (χ2n) is 17.7. The molecular formula is C64H39N3. The molecule has 11 aromatic carbocycles. The minimum Gasteiger partial charge on any atom is -0.309 e. The van der Waals surface area contributed by atoms with Crippen molar-refractivity contribution in [2.45, 2.75) is 0 Å². The normalized spacial score (nSPS) is 11.9. The number of fused-ring (bicyclic) bond motifs is 15. The Labute approximate surface area is 386 Å². The van der Waals surface area contributed by atoms with Gasteiger partial charge in [0.05, 0.1) is 33.5 Å². The Morgan fingerprint density at radius 1 is 0.224 bits per heavy atom. The number of para-hydroxylation sites is 1. The van der Waals surface area contributed by atoms with E-state index in [4.69, 9.17) is 9.97 Å². The van der Waals surface area contributed by atoms with E-state index in [1.807, 2.05) is 0 Å². The van der Waals surface area contributed by atoms with Gasteiger partial charge in [-0.05, 0) is 115 Å². The van der Waals surface area contributed by atoms with E-state index in [2.05, 4.69) is 241 Å². The lowest BCUT2D eigenvalue weighted by atomic mass is 9.96. The molecule has 0 spiro atoms. The first kappa shape index (κ1) is 37.5. The average molecular weight is 850 g/mol. The third-order valence-corrected chi connectivity index (χ3v) is 14.0. The summed E-state index contributed by atoms with van der Waals surface area (Å²) in [7, 11) is 0. The summed E-state index contributed by atoms with van der Waals surface area (Å²) in [6.07, 6.45) is 0. The van der Waals surface area contributed by atoms with Gasteiger partial charge in [0, 0.05) is 49.1 Å². The summed E-state index contributed by atoms with van der Waals surface area (Å²) in [5.41, 5.74) is 14.4. The van der Waals surface area contributed by atoms with E-state index in [1.165, 1.54) is 97.9 Å². The van der Waals surface area contributed by atoms with Crippen LogP contribution in [-0.2, 0) is 0 Å². The Kier molecular flexibility index (Phi) is 8.28. The molecule has 0 aliphatic rings. The highest BCUT2D eigenvalue weighted by molar-refractivity contribution is 6.25. The fourth-order valence-corrected chi connectivity index (χ4v) is 10.7. The molecule has 0 N–H and O–H groups in total. The van der Waals surface area contributed by atoms with E-state index < -0.39 is 0 Å². The van der Waals surface area contributed by atoms with Crippen molar-refractivity contribution in [3.63, 3.8) is 0 Å². The highest BCUT2D eigenvalue weighted by Gasteiger charge is 2.17. The van der Waals surface area contributed by atoms with Crippen LogP contribution in [0.15, 0.2) is 237 Å². The van der Waals surface area contributed by atoms with E-state index in [-0.39, 0.29) is 0 Å². The quantitative estimate of drug-likeness (QED) is 0.162. The van der Waals surface area contributed by atoms with E-state index in [0.29, 0.717) is 0 Å². The topological polar surface area (TPSA) is 30.7 Å². The van der Waals surface area contributed by atoms with Crippen molar-refractivity contribution in [2.75, 3.05) is 0 Å². The number of hydrogen-bond acceptors (Lipinski definition) is 2. The van der Waals surface area contributed by atoms with Gasteiger partial charge in [-0.1, -0.05) is 176 Å². The lowest BCUT2D eigenvalue weighted by Gasteiger charge is -2.11. The molecule has 3 heterocycles. The number of pyridine rings is 2. The van der Waals surface area contributed by atoms with Crippen LogP contribution in [0.2, 0.25) is 0 Å². The fraction of sp³-hybridized carbons (Fsp3) is 0. The number of benzene rings is 11.